The SMILES string of the molecule is CC[C@H]1OC(=O)[C@H](C)[C@@H](O[C@H]2C[C@@](C)(OC)[C@@H](O)[C@H](C)O2)[C@H](C)[C@@H](O[C@@H]2O[C@H](C)C[C@H]3[C@H]2OC(=NCc2ccccc2)N3C)[C@](C)(OC)C[C@@H](C)NC(=O)[C@H](C)[C@@H](O)[C@]1(C)O. The van der Waals surface area contributed by atoms with Gasteiger partial charge in [0.15, 0.2) is 18.7 Å². The molecule has 5 rings (SSSR count). The van der Waals surface area contributed by atoms with E-state index < -0.39 is 108 Å². The molecule has 4 saturated heterocycles. The lowest BCUT2D eigenvalue weighted by Crippen LogP contribution is -2.60. The van der Waals surface area contributed by atoms with Gasteiger partial charge in [-0.3, -0.25) is 9.59 Å². The molecular weight excluding hydrogens is 791 g/mol. The third kappa shape index (κ3) is 10.6. The number of esters is 1. The second kappa shape index (κ2) is 19.9. The molecule has 0 spiro atoms. The smallest absolute Gasteiger partial charge is 0.311 e. The second-order valence-electron chi connectivity index (χ2n) is 18.6. The van der Waals surface area contributed by atoms with Crippen LogP contribution in [0.4, 0.5) is 0 Å². The Morgan fingerprint density at radius 2 is 1.54 bits per heavy atom. The van der Waals surface area contributed by atoms with Gasteiger partial charge in [-0.05, 0) is 73.3 Å². The van der Waals surface area contributed by atoms with Gasteiger partial charge < -0.3 is 63.4 Å². The third-order valence-corrected chi connectivity index (χ3v) is 13.7. The number of nitrogens with zero attached hydrogens (tertiary/aromatic N) is 2. The number of methoxy groups -OCH3 is 2. The molecule has 4 aliphatic heterocycles. The first-order valence-corrected chi connectivity index (χ1v) is 21.9. The van der Waals surface area contributed by atoms with Crippen LogP contribution in [-0.2, 0) is 54.0 Å². The molecule has 0 bridgehead atoms. The molecule has 61 heavy (non-hydrogen) atoms. The van der Waals surface area contributed by atoms with Gasteiger partial charge in [0.05, 0.1) is 66.1 Å². The van der Waals surface area contributed by atoms with E-state index in [1.54, 1.807) is 34.8 Å². The Morgan fingerprint density at radius 1 is 0.885 bits per heavy atom. The zero-order valence-electron chi connectivity index (χ0n) is 38.4. The van der Waals surface area contributed by atoms with E-state index in [2.05, 4.69) is 5.32 Å². The van der Waals surface area contributed by atoms with Crippen molar-refractivity contribution in [2.24, 2.45) is 22.7 Å². The minimum atomic E-state index is -2.00. The van der Waals surface area contributed by atoms with Gasteiger partial charge >= 0.3 is 5.97 Å². The van der Waals surface area contributed by atoms with Gasteiger partial charge in [0.25, 0.3) is 6.02 Å². The van der Waals surface area contributed by atoms with Crippen molar-refractivity contribution in [1.82, 2.24) is 10.2 Å². The van der Waals surface area contributed by atoms with Crippen molar-refractivity contribution < 1.29 is 62.8 Å². The number of aliphatic imine (C=N–C) groups is 1. The summed E-state index contributed by atoms with van der Waals surface area (Å²) in [5, 5.41) is 37.3. The van der Waals surface area contributed by atoms with Gasteiger partial charge in [-0.2, -0.15) is 0 Å². The molecule has 4 heterocycles. The number of ether oxygens (including phenoxy) is 8. The molecule has 4 aliphatic rings. The number of fused-ring (bicyclic) bond motifs is 1. The van der Waals surface area contributed by atoms with Crippen LogP contribution < -0.4 is 5.32 Å². The first-order valence-electron chi connectivity index (χ1n) is 21.9. The minimum Gasteiger partial charge on any atom is -0.459 e. The average molecular weight is 864 g/mol. The standard InChI is InChI=1S/C45H73N3O13/c1-14-32-45(10,53)36(49)28(6)39(51)47-24(2)21-44(9,55-13)38(26(4)34(27(5)40(52)58-32)59-33-22-43(8,54-12)37(50)29(7)57-33)61-41-35-31(20-25(3)56-41)48(11)42(60-35)46-23-30-18-16-15-17-19-30/h15-19,24-29,31-38,41,49-50,53H,14,20-23H2,1-13H3,(H,47,51)/t24-,25-,26+,27-,28-,29+,31+,32-,33+,34+,35-,36-,37+,38-,41+,43-,44-,45-/m1/s1. The van der Waals surface area contributed by atoms with E-state index in [1.165, 1.54) is 21.0 Å². The van der Waals surface area contributed by atoms with Crippen molar-refractivity contribution >= 4 is 17.9 Å². The number of aliphatic hydroxyl groups excluding tert-OH is 2. The van der Waals surface area contributed by atoms with E-state index in [4.69, 9.17) is 42.9 Å². The summed E-state index contributed by atoms with van der Waals surface area (Å²) in [5.74, 6) is -4.01. The second-order valence-corrected chi connectivity index (χ2v) is 18.6. The van der Waals surface area contributed by atoms with E-state index in [9.17, 15) is 24.9 Å². The van der Waals surface area contributed by atoms with Gasteiger partial charge in [-0.25, -0.2) is 4.99 Å². The molecule has 4 fully saturated rings. The Balaban J connectivity index is 1.59. The molecule has 1 aromatic carbocycles. The highest BCUT2D eigenvalue weighted by Crippen LogP contribution is 2.42. The molecule has 346 valence electrons. The van der Waals surface area contributed by atoms with Gasteiger partial charge in [-0.1, -0.05) is 51.1 Å². The van der Waals surface area contributed by atoms with Crippen molar-refractivity contribution in [3.8, 4) is 0 Å². The van der Waals surface area contributed by atoms with E-state index in [-0.39, 0.29) is 31.4 Å². The molecule has 0 saturated carbocycles. The molecule has 0 unspecified atom stereocenters. The first kappa shape index (κ1) is 49.1. The molecule has 18 atom stereocenters. The van der Waals surface area contributed by atoms with Gasteiger partial charge in [0.2, 0.25) is 5.91 Å². The molecular formula is C45H73N3O13. The minimum absolute atomic E-state index is 0.130. The molecule has 16 nitrogen and oxygen atoms in total. The van der Waals surface area contributed by atoms with Crippen molar-refractivity contribution in [2.45, 2.75) is 192 Å². The maximum atomic E-state index is 14.5. The summed E-state index contributed by atoms with van der Waals surface area (Å²) in [6, 6.07) is 9.70. The monoisotopic (exact) mass is 864 g/mol. The number of aliphatic hydroxyl groups is 3. The third-order valence-electron chi connectivity index (χ3n) is 13.7. The van der Waals surface area contributed by atoms with E-state index >= 15 is 0 Å². The lowest BCUT2D eigenvalue weighted by molar-refractivity contribution is -0.314. The number of amides is 1. The zero-order valence-corrected chi connectivity index (χ0v) is 38.4. The van der Waals surface area contributed by atoms with Crippen molar-refractivity contribution in [3.05, 3.63) is 35.9 Å². The maximum absolute atomic E-state index is 14.5. The molecule has 1 amide bonds. The Labute approximate surface area is 361 Å². The Bertz CT molecular complexity index is 1650. The number of nitrogens with one attached hydrogen (secondary N) is 1. The molecule has 4 N–H and O–H groups in total. The summed E-state index contributed by atoms with van der Waals surface area (Å²) in [6.45, 7) is 17.8. The summed E-state index contributed by atoms with van der Waals surface area (Å²) in [6.07, 6.45) is -7.93. The number of amidine groups is 1. The van der Waals surface area contributed by atoms with Crippen LogP contribution in [0.3, 0.4) is 0 Å². The molecule has 1 aromatic rings. The van der Waals surface area contributed by atoms with Crippen molar-refractivity contribution in [1.29, 1.82) is 0 Å². The Kier molecular flexibility index (Phi) is 16.0. The van der Waals surface area contributed by atoms with Crippen LogP contribution in [-0.4, -0.2) is 150 Å². The highest BCUT2D eigenvalue weighted by Gasteiger charge is 2.55. The lowest BCUT2D eigenvalue weighted by atomic mass is 9.78. The summed E-state index contributed by atoms with van der Waals surface area (Å²) >= 11 is 0. The number of cyclic esters (lactones) is 1. The van der Waals surface area contributed by atoms with E-state index in [0.29, 0.717) is 19.0 Å². The van der Waals surface area contributed by atoms with Gasteiger partial charge in [-0.15, -0.1) is 0 Å². The highest BCUT2D eigenvalue weighted by atomic mass is 16.7. The van der Waals surface area contributed by atoms with Gasteiger partial charge in [0, 0.05) is 39.6 Å². The molecule has 0 aliphatic carbocycles. The van der Waals surface area contributed by atoms with E-state index in [0.717, 1.165) is 5.56 Å². The fourth-order valence-electron chi connectivity index (χ4n) is 9.67. The fourth-order valence-corrected chi connectivity index (χ4v) is 9.67. The highest BCUT2D eigenvalue weighted by molar-refractivity contribution is 5.79. The van der Waals surface area contributed by atoms with Crippen LogP contribution in [0.2, 0.25) is 0 Å². The molecule has 0 radical (unpaired) electrons. The number of benzene rings is 1. The van der Waals surface area contributed by atoms with Crippen molar-refractivity contribution in [2.75, 3.05) is 21.3 Å². The Hall–Kier alpha value is -2.93. The first-order chi connectivity index (χ1) is 28.6. The Morgan fingerprint density at radius 3 is 2.16 bits per heavy atom. The summed E-state index contributed by atoms with van der Waals surface area (Å²) in [5.41, 5.74) is -3.19. The molecule has 16 heteroatoms. The number of carbonyl (C=O) groups is 2. The van der Waals surface area contributed by atoms with E-state index in [1.807, 2.05) is 70.0 Å². The quantitative estimate of drug-likeness (QED) is 0.263. The van der Waals surface area contributed by atoms with Crippen molar-refractivity contribution in [3.63, 3.8) is 0 Å². The van der Waals surface area contributed by atoms with Crippen LogP contribution in [0, 0.1) is 17.8 Å². The van der Waals surface area contributed by atoms with Crippen LogP contribution in [0.1, 0.15) is 100 Å². The van der Waals surface area contributed by atoms with Gasteiger partial charge in [0.1, 0.15) is 17.8 Å². The van der Waals surface area contributed by atoms with Crippen LogP contribution in [0.25, 0.3) is 0 Å². The maximum Gasteiger partial charge on any atom is 0.311 e. The molecule has 0 aromatic heterocycles. The van der Waals surface area contributed by atoms with Crippen LogP contribution >= 0.6 is 0 Å². The lowest BCUT2D eigenvalue weighted by Gasteiger charge is -2.49. The predicted molar refractivity (Wildman–Crippen MR) is 225 cm³/mol. The predicted octanol–water partition coefficient (Wildman–Crippen LogP) is 3.70. The van der Waals surface area contributed by atoms with Crippen LogP contribution in [0.5, 0.6) is 0 Å². The average Bonchev–Trinajstić information content (AvgIpc) is 3.54. The normalized spacial score (nSPS) is 45.0. The number of carbonyl (C=O) groups excluding carboxylic acids is 2. The number of likely N-dealkylation sites (N-methyl/N-ethyl adjacent to an activating group) is 1. The summed E-state index contributed by atoms with van der Waals surface area (Å²) < 4.78 is 51.7. The topological polar surface area (TPSA) is 196 Å². The largest absolute Gasteiger partial charge is 0.459 e. The number of rotatable bonds is 9. The zero-order chi connectivity index (χ0) is 45.2. The number of hydrogen-bond donors (Lipinski definition) is 4. The fraction of sp³-hybridized carbons (Fsp3) is 0.800. The van der Waals surface area contributed by atoms with Crippen LogP contribution in [0.15, 0.2) is 35.3 Å². The summed E-state index contributed by atoms with van der Waals surface area (Å²) in [7, 11) is 5.03. The summed E-state index contributed by atoms with van der Waals surface area (Å²) in [4.78, 5) is 35.0. The number of hydrogen-bond acceptors (Lipinski definition) is 14.